The number of benzene rings is 1. The monoisotopic (exact) mass is 333 g/mol. The van der Waals surface area contributed by atoms with Crippen LogP contribution in [0.5, 0.6) is 11.5 Å². The van der Waals surface area contributed by atoms with E-state index in [-0.39, 0.29) is 11.3 Å². The number of carbonyl (C=O) groups excluding carboxylic acids is 1. The fraction of sp³-hybridized carbons (Fsp3) is 0.312. The number of nitrogens with zero attached hydrogens (tertiary/aromatic N) is 2. The smallest absolute Gasteiger partial charge is 0.339 e. The van der Waals surface area contributed by atoms with Gasteiger partial charge in [0, 0.05) is 19.8 Å². The first-order chi connectivity index (χ1) is 11.5. The molecule has 0 fully saturated rings. The van der Waals surface area contributed by atoms with Crippen LogP contribution in [-0.4, -0.2) is 47.5 Å². The highest BCUT2D eigenvalue weighted by molar-refractivity contribution is 6.03. The Labute approximate surface area is 139 Å². The quantitative estimate of drug-likeness (QED) is 0.787. The Kier molecular flexibility index (Phi) is 5.41. The van der Waals surface area contributed by atoms with E-state index in [0.717, 1.165) is 5.56 Å². The Balaban J connectivity index is 1.99. The van der Waals surface area contributed by atoms with E-state index in [0.29, 0.717) is 24.5 Å². The lowest BCUT2D eigenvalue weighted by atomic mass is 10.1. The van der Waals surface area contributed by atoms with Gasteiger partial charge in [0.2, 0.25) is 0 Å². The molecular weight excluding hydrogens is 314 g/mol. The van der Waals surface area contributed by atoms with Crippen LogP contribution in [0, 0.1) is 0 Å². The van der Waals surface area contributed by atoms with Crippen LogP contribution in [0.15, 0.2) is 24.4 Å². The standard InChI is InChI=1S/C16H19N3O5/c1-19-9-11(16(21)22)14(18-19)15(20)17-7-6-10-4-5-12(23-2)13(8-10)24-3/h4-5,8-9H,6-7H2,1-3H3,(H,17,20)(H,21,22). The number of carboxylic acids is 1. The van der Waals surface area contributed by atoms with Crippen molar-refractivity contribution in [1.29, 1.82) is 0 Å². The first kappa shape index (κ1) is 17.3. The molecule has 0 saturated heterocycles. The zero-order chi connectivity index (χ0) is 17.7. The van der Waals surface area contributed by atoms with Crippen molar-refractivity contribution < 1.29 is 24.2 Å². The van der Waals surface area contributed by atoms with Crippen LogP contribution in [-0.2, 0) is 13.5 Å². The van der Waals surface area contributed by atoms with E-state index in [9.17, 15) is 9.59 Å². The average molecular weight is 333 g/mol. The first-order valence-electron chi connectivity index (χ1n) is 7.22. The zero-order valence-corrected chi connectivity index (χ0v) is 13.7. The SMILES string of the molecule is COc1ccc(CCNC(=O)c2nn(C)cc2C(=O)O)cc1OC. The molecule has 1 aromatic carbocycles. The van der Waals surface area contributed by atoms with Crippen LogP contribution < -0.4 is 14.8 Å². The van der Waals surface area contributed by atoms with Crippen molar-refractivity contribution in [3.05, 3.63) is 41.2 Å². The fourth-order valence-corrected chi connectivity index (χ4v) is 2.25. The van der Waals surface area contributed by atoms with Crippen LogP contribution in [0.25, 0.3) is 0 Å². The molecule has 128 valence electrons. The Hall–Kier alpha value is -3.03. The number of amides is 1. The van der Waals surface area contributed by atoms with Gasteiger partial charge in [-0.25, -0.2) is 4.79 Å². The number of aromatic carboxylic acids is 1. The lowest BCUT2D eigenvalue weighted by molar-refractivity contribution is 0.0691. The maximum atomic E-state index is 12.1. The van der Waals surface area contributed by atoms with Crippen molar-refractivity contribution in [2.24, 2.45) is 7.05 Å². The second-order valence-electron chi connectivity index (χ2n) is 5.07. The maximum absolute atomic E-state index is 12.1. The van der Waals surface area contributed by atoms with Crippen molar-refractivity contribution in [2.75, 3.05) is 20.8 Å². The summed E-state index contributed by atoms with van der Waals surface area (Å²) in [5, 5.41) is 15.6. The molecule has 0 bridgehead atoms. The molecule has 0 aliphatic carbocycles. The molecular formula is C16H19N3O5. The van der Waals surface area contributed by atoms with Crippen LogP contribution >= 0.6 is 0 Å². The van der Waals surface area contributed by atoms with Gasteiger partial charge in [0.1, 0.15) is 5.56 Å². The van der Waals surface area contributed by atoms with Gasteiger partial charge in [0.25, 0.3) is 5.91 Å². The molecule has 2 rings (SSSR count). The molecule has 2 N–H and O–H groups in total. The number of carboxylic acid groups (broad SMARTS) is 1. The molecule has 0 atom stereocenters. The van der Waals surface area contributed by atoms with Gasteiger partial charge in [0.15, 0.2) is 17.2 Å². The lowest BCUT2D eigenvalue weighted by Crippen LogP contribution is -2.27. The topological polar surface area (TPSA) is 103 Å². The Morgan fingerprint density at radius 1 is 1.25 bits per heavy atom. The summed E-state index contributed by atoms with van der Waals surface area (Å²) in [6, 6.07) is 5.49. The fourth-order valence-electron chi connectivity index (χ4n) is 2.25. The summed E-state index contributed by atoms with van der Waals surface area (Å²) in [5.74, 6) is -0.467. The second kappa shape index (κ2) is 7.49. The third-order valence-electron chi connectivity index (χ3n) is 3.42. The van der Waals surface area contributed by atoms with E-state index < -0.39 is 11.9 Å². The van der Waals surface area contributed by atoms with Crippen molar-refractivity contribution in [2.45, 2.75) is 6.42 Å². The van der Waals surface area contributed by atoms with Gasteiger partial charge in [-0.3, -0.25) is 9.48 Å². The van der Waals surface area contributed by atoms with Crippen LogP contribution in [0.4, 0.5) is 0 Å². The molecule has 1 aromatic heterocycles. The predicted molar refractivity (Wildman–Crippen MR) is 85.8 cm³/mol. The van der Waals surface area contributed by atoms with E-state index in [1.165, 1.54) is 10.9 Å². The minimum atomic E-state index is -1.19. The van der Waals surface area contributed by atoms with E-state index in [2.05, 4.69) is 10.4 Å². The molecule has 0 saturated carbocycles. The number of methoxy groups -OCH3 is 2. The molecule has 1 heterocycles. The summed E-state index contributed by atoms with van der Waals surface area (Å²) in [6.07, 6.45) is 1.85. The summed E-state index contributed by atoms with van der Waals surface area (Å²) in [5.41, 5.74) is 0.728. The Morgan fingerprint density at radius 2 is 1.96 bits per heavy atom. The predicted octanol–water partition coefficient (Wildman–Crippen LogP) is 1.11. The van der Waals surface area contributed by atoms with Crippen molar-refractivity contribution in [3.63, 3.8) is 0 Å². The van der Waals surface area contributed by atoms with Crippen LogP contribution in [0.2, 0.25) is 0 Å². The molecule has 24 heavy (non-hydrogen) atoms. The third kappa shape index (κ3) is 3.83. The number of hydrogen-bond acceptors (Lipinski definition) is 5. The number of rotatable bonds is 7. The molecule has 1 amide bonds. The largest absolute Gasteiger partial charge is 0.493 e. The van der Waals surface area contributed by atoms with Crippen LogP contribution in [0.1, 0.15) is 26.4 Å². The number of aryl methyl sites for hydroxylation is 1. The summed E-state index contributed by atoms with van der Waals surface area (Å²) in [6.45, 7) is 0.337. The van der Waals surface area contributed by atoms with Gasteiger partial charge in [-0.15, -0.1) is 0 Å². The Morgan fingerprint density at radius 3 is 2.58 bits per heavy atom. The molecule has 0 spiro atoms. The summed E-state index contributed by atoms with van der Waals surface area (Å²) >= 11 is 0. The number of aromatic nitrogens is 2. The van der Waals surface area contributed by atoms with Gasteiger partial charge < -0.3 is 19.9 Å². The summed E-state index contributed by atoms with van der Waals surface area (Å²) in [7, 11) is 4.68. The molecule has 2 aromatic rings. The third-order valence-corrected chi connectivity index (χ3v) is 3.42. The van der Waals surface area contributed by atoms with E-state index in [1.807, 2.05) is 12.1 Å². The number of hydrogen-bond donors (Lipinski definition) is 2. The maximum Gasteiger partial charge on any atom is 0.339 e. The lowest BCUT2D eigenvalue weighted by Gasteiger charge is -2.10. The zero-order valence-electron chi connectivity index (χ0n) is 13.7. The minimum absolute atomic E-state index is 0.0997. The highest BCUT2D eigenvalue weighted by Gasteiger charge is 2.20. The van der Waals surface area contributed by atoms with E-state index in [4.69, 9.17) is 14.6 Å². The van der Waals surface area contributed by atoms with Gasteiger partial charge in [-0.2, -0.15) is 5.10 Å². The summed E-state index contributed by atoms with van der Waals surface area (Å²) in [4.78, 5) is 23.2. The van der Waals surface area contributed by atoms with E-state index >= 15 is 0 Å². The van der Waals surface area contributed by atoms with Crippen molar-refractivity contribution >= 4 is 11.9 Å². The molecule has 0 radical (unpaired) electrons. The second-order valence-corrected chi connectivity index (χ2v) is 5.07. The van der Waals surface area contributed by atoms with Gasteiger partial charge in [-0.1, -0.05) is 6.07 Å². The van der Waals surface area contributed by atoms with Crippen molar-refractivity contribution in [1.82, 2.24) is 15.1 Å². The number of nitrogens with one attached hydrogen (secondary N) is 1. The average Bonchev–Trinajstić information content (AvgIpc) is 2.97. The molecule has 0 unspecified atom stereocenters. The molecule has 0 aliphatic heterocycles. The molecule has 8 heteroatoms. The summed E-state index contributed by atoms with van der Waals surface area (Å²) < 4.78 is 11.7. The van der Waals surface area contributed by atoms with E-state index in [1.54, 1.807) is 27.3 Å². The minimum Gasteiger partial charge on any atom is -0.493 e. The van der Waals surface area contributed by atoms with Gasteiger partial charge >= 0.3 is 5.97 Å². The number of ether oxygens (including phenoxy) is 2. The van der Waals surface area contributed by atoms with Gasteiger partial charge in [0.05, 0.1) is 14.2 Å². The highest BCUT2D eigenvalue weighted by atomic mass is 16.5. The van der Waals surface area contributed by atoms with Crippen LogP contribution in [0.3, 0.4) is 0 Å². The first-order valence-corrected chi connectivity index (χ1v) is 7.22. The van der Waals surface area contributed by atoms with Crippen molar-refractivity contribution in [3.8, 4) is 11.5 Å². The normalized spacial score (nSPS) is 10.3. The molecule has 8 nitrogen and oxygen atoms in total. The van der Waals surface area contributed by atoms with Gasteiger partial charge in [-0.05, 0) is 24.1 Å². The highest BCUT2D eigenvalue weighted by Crippen LogP contribution is 2.27. The number of carbonyl (C=O) groups is 2. The Bertz CT molecular complexity index is 754. The molecule has 0 aliphatic rings.